The highest BCUT2D eigenvalue weighted by atomic mass is 32.2. The second-order valence-electron chi connectivity index (χ2n) is 7.55. The number of para-hydroxylation sites is 1. The summed E-state index contributed by atoms with van der Waals surface area (Å²) in [5.41, 5.74) is 2.19. The van der Waals surface area contributed by atoms with Crippen LogP contribution in [0.1, 0.15) is 56.9 Å². The summed E-state index contributed by atoms with van der Waals surface area (Å²) in [6, 6.07) is 8.08. The van der Waals surface area contributed by atoms with Crippen molar-refractivity contribution < 1.29 is 13.2 Å². The number of aryl methyl sites for hydroxylation is 1. The molecule has 1 aromatic rings. The van der Waals surface area contributed by atoms with Crippen molar-refractivity contribution in [2.45, 2.75) is 63.8 Å². The zero-order chi connectivity index (χ0) is 18.6. The Labute approximate surface area is 157 Å². The maximum absolute atomic E-state index is 12.8. The van der Waals surface area contributed by atoms with Crippen molar-refractivity contribution in [1.29, 1.82) is 0 Å². The second-order valence-corrected chi connectivity index (χ2v) is 9.48. The average Bonchev–Trinajstić information content (AvgIpc) is 2.89. The van der Waals surface area contributed by atoms with Gasteiger partial charge in [0.1, 0.15) is 0 Å². The molecule has 1 heterocycles. The molecule has 1 saturated carbocycles. The molecule has 0 spiro atoms. The minimum Gasteiger partial charge on any atom is -0.312 e. The van der Waals surface area contributed by atoms with Gasteiger partial charge in [0.25, 0.3) is 0 Å². The smallest absolute Gasteiger partial charge is 0.228 e. The molecule has 0 bridgehead atoms. The monoisotopic (exact) mass is 378 g/mol. The lowest BCUT2D eigenvalue weighted by atomic mass is 10.0. The van der Waals surface area contributed by atoms with E-state index in [1.165, 1.54) is 24.7 Å². The minimum atomic E-state index is -3.31. The first-order valence-corrected chi connectivity index (χ1v) is 11.7. The van der Waals surface area contributed by atoms with Gasteiger partial charge in [-0.3, -0.25) is 4.79 Å². The number of hydrogen-bond acceptors (Lipinski definition) is 3. The summed E-state index contributed by atoms with van der Waals surface area (Å²) in [7, 11) is -3.31. The maximum Gasteiger partial charge on any atom is 0.228 e. The number of amides is 1. The predicted octanol–water partition coefficient (Wildman–Crippen LogP) is 3.34. The second kappa shape index (κ2) is 8.53. The van der Waals surface area contributed by atoms with Crippen LogP contribution in [0.5, 0.6) is 0 Å². The highest BCUT2D eigenvalue weighted by molar-refractivity contribution is 7.88. The van der Waals surface area contributed by atoms with Gasteiger partial charge in [-0.05, 0) is 37.3 Å². The van der Waals surface area contributed by atoms with Gasteiger partial charge in [-0.15, -0.1) is 0 Å². The van der Waals surface area contributed by atoms with Crippen molar-refractivity contribution in [3.05, 3.63) is 29.8 Å². The Balaban J connectivity index is 1.68. The molecule has 1 aliphatic carbocycles. The summed E-state index contributed by atoms with van der Waals surface area (Å²) >= 11 is 0. The normalized spacial score (nSPS) is 19.2. The number of carbonyl (C=O) groups excluding carboxylic acids is 1. The van der Waals surface area contributed by atoms with Gasteiger partial charge in [-0.2, -0.15) is 4.31 Å². The van der Waals surface area contributed by atoms with E-state index in [9.17, 15) is 13.2 Å². The summed E-state index contributed by atoms with van der Waals surface area (Å²) in [4.78, 5) is 14.7. The number of hydrogen-bond donors (Lipinski definition) is 0. The molecule has 1 amide bonds. The first-order chi connectivity index (χ1) is 12.5. The molecule has 0 unspecified atom stereocenters. The third-order valence-electron chi connectivity index (χ3n) is 5.62. The van der Waals surface area contributed by atoms with Crippen molar-refractivity contribution in [1.82, 2.24) is 4.31 Å². The molecule has 5 nitrogen and oxygen atoms in total. The minimum absolute atomic E-state index is 0.0272. The molecule has 144 valence electrons. The van der Waals surface area contributed by atoms with Crippen LogP contribution in [0.15, 0.2) is 24.3 Å². The van der Waals surface area contributed by atoms with Crippen molar-refractivity contribution >= 4 is 21.6 Å². The van der Waals surface area contributed by atoms with E-state index in [0.29, 0.717) is 6.54 Å². The molecule has 1 aliphatic heterocycles. The third-order valence-corrected chi connectivity index (χ3v) is 6.95. The van der Waals surface area contributed by atoms with Gasteiger partial charge in [-0.1, -0.05) is 43.9 Å². The van der Waals surface area contributed by atoms with Crippen molar-refractivity contribution in [3.8, 4) is 0 Å². The molecule has 0 N–H and O–H groups in total. The molecule has 1 fully saturated rings. The molecule has 1 aromatic carbocycles. The average molecular weight is 379 g/mol. The maximum atomic E-state index is 12.8. The van der Waals surface area contributed by atoms with E-state index in [1.807, 2.05) is 23.1 Å². The fourth-order valence-electron chi connectivity index (χ4n) is 4.30. The van der Waals surface area contributed by atoms with E-state index in [1.54, 1.807) is 4.31 Å². The number of rotatable bonds is 5. The summed E-state index contributed by atoms with van der Waals surface area (Å²) in [6.45, 7) is 1.01. The first kappa shape index (κ1) is 19.4. The van der Waals surface area contributed by atoms with Crippen LogP contribution in [-0.4, -0.2) is 44.0 Å². The van der Waals surface area contributed by atoms with Crippen molar-refractivity contribution in [3.63, 3.8) is 0 Å². The van der Waals surface area contributed by atoms with Crippen LogP contribution < -0.4 is 4.90 Å². The zero-order valence-corrected chi connectivity index (χ0v) is 16.5. The Morgan fingerprint density at radius 3 is 2.50 bits per heavy atom. The fourth-order valence-corrected chi connectivity index (χ4v) is 5.47. The van der Waals surface area contributed by atoms with E-state index in [2.05, 4.69) is 6.07 Å². The van der Waals surface area contributed by atoms with Crippen LogP contribution in [0.2, 0.25) is 0 Å². The summed E-state index contributed by atoms with van der Waals surface area (Å²) in [5, 5.41) is 0. The van der Waals surface area contributed by atoms with Crippen molar-refractivity contribution in [2.24, 2.45) is 0 Å². The molecule has 2 aliphatic rings. The van der Waals surface area contributed by atoms with Gasteiger partial charge in [0.05, 0.1) is 6.26 Å². The van der Waals surface area contributed by atoms with Gasteiger partial charge in [-0.25, -0.2) is 8.42 Å². The largest absolute Gasteiger partial charge is 0.312 e. The van der Waals surface area contributed by atoms with Crippen LogP contribution >= 0.6 is 0 Å². The van der Waals surface area contributed by atoms with E-state index in [0.717, 1.165) is 50.8 Å². The van der Waals surface area contributed by atoms with Gasteiger partial charge >= 0.3 is 0 Å². The van der Waals surface area contributed by atoms with Gasteiger partial charge in [0, 0.05) is 31.2 Å². The Bertz CT molecular complexity index is 724. The van der Waals surface area contributed by atoms with Crippen LogP contribution in [0.3, 0.4) is 0 Å². The Morgan fingerprint density at radius 1 is 1.12 bits per heavy atom. The highest BCUT2D eigenvalue weighted by Crippen LogP contribution is 2.28. The zero-order valence-electron chi connectivity index (χ0n) is 15.7. The number of anilines is 1. The molecule has 0 atom stereocenters. The number of nitrogens with zero attached hydrogens (tertiary/aromatic N) is 2. The first-order valence-electron chi connectivity index (χ1n) is 9.82. The molecular weight excluding hydrogens is 348 g/mol. The van der Waals surface area contributed by atoms with Crippen LogP contribution in [0, 0.1) is 0 Å². The summed E-state index contributed by atoms with van der Waals surface area (Å²) in [6.07, 6.45) is 9.81. The standard InChI is InChI=1S/C20H30N2O3S/c1-26(24,25)22(18-11-4-2-3-5-12-18)16-14-20(23)21-15-8-10-17-9-6-7-13-19(17)21/h6-7,9,13,18H,2-5,8,10-12,14-16H2,1H3. The van der Waals surface area contributed by atoms with Gasteiger partial charge < -0.3 is 4.90 Å². The van der Waals surface area contributed by atoms with E-state index >= 15 is 0 Å². The summed E-state index contributed by atoms with van der Waals surface area (Å²) < 4.78 is 26.3. The van der Waals surface area contributed by atoms with E-state index in [-0.39, 0.29) is 18.4 Å². The topological polar surface area (TPSA) is 57.7 Å². The number of fused-ring (bicyclic) bond motifs is 1. The molecule has 26 heavy (non-hydrogen) atoms. The lowest BCUT2D eigenvalue weighted by molar-refractivity contribution is -0.118. The molecule has 0 aromatic heterocycles. The molecular formula is C20H30N2O3S. The third kappa shape index (κ3) is 4.65. The van der Waals surface area contributed by atoms with Crippen LogP contribution in [-0.2, 0) is 21.2 Å². The lowest BCUT2D eigenvalue weighted by Crippen LogP contribution is -2.43. The SMILES string of the molecule is CS(=O)(=O)N(CCC(=O)N1CCCc2ccccc21)C1CCCCCC1. The highest BCUT2D eigenvalue weighted by Gasteiger charge is 2.29. The van der Waals surface area contributed by atoms with Crippen LogP contribution in [0.4, 0.5) is 5.69 Å². The molecule has 0 saturated heterocycles. The van der Waals surface area contributed by atoms with Gasteiger partial charge in [0.2, 0.25) is 15.9 Å². The Kier molecular flexibility index (Phi) is 6.35. The quantitative estimate of drug-likeness (QED) is 0.739. The number of carbonyl (C=O) groups is 1. The molecule has 0 radical (unpaired) electrons. The lowest BCUT2D eigenvalue weighted by Gasteiger charge is -2.32. The fraction of sp³-hybridized carbons (Fsp3) is 0.650. The van der Waals surface area contributed by atoms with E-state index in [4.69, 9.17) is 0 Å². The number of sulfonamides is 1. The number of benzene rings is 1. The Hall–Kier alpha value is -1.40. The summed E-state index contributed by atoms with van der Waals surface area (Å²) in [5.74, 6) is 0.0272. The molecule has 3 rings (SSSR count). The van der Waals surface area contributed by atoms with Crippen LogP contribution in [0.25, 0.3) is 0 Å². The van der Waals surface area contributed by atoms with Crippen molar-refractivity contribution in [2.75, 3.05) is 24.2 Å². The van der Waals surface area contributed by atoms with Gasteiger partial charge in [0.15, 0.2) is 0 Å². The predicted molar refractivity (Wildman–Crippen MR) is 105 cm³/mol. The molecule has 6 heteroatoms. The van der Waals surface area contributed by atoms with E-state index < -0.39 is 10.0 Å². The Morgan fingerprint density at radius 2 is 1.81 bits per heavy atom.